The molecule has 0 amide bonds. The molecule has 0 fully saturated rings. The smallest absolute Gasteiger partial charge is 0.324 e. The van der Waals surface area contributed by atoms with Gasteiger partial charge in [0.25, 0.3) is 0 Å². The molecule has 0 aliphatic carbocycles. The van der Waals surface area contributed by atoms with Crippen LogP contribution in [0.1, 0.15) is 0 Å². The summed E-state index contributed by atoms with van der Waals surface area (Å²) in [6, 6.07) is -1.24. The van der Waals surface area contributed by atoms with E-state index in [1.165, 1.54) is 12.2 Å². The molecule has 128 valence electrons. The highest BCUT2D eigenvalue weighted by Crippen LogP contribution is 1.88. The summed E-state index contributed by atoms with van der Waals surface area (Å²) in [5.41, 5.74) is 10.5. The van der Waals surface area contributed by atoms with E-state index in [0.29, 0.717) is 11.5 Å². The molecule has 4 N–H and O–H groups in total. The minimum absolute atomic E-state index is 0.209. The van der Waals surface area contributed by atoms with E-state index in [9.17, 15) is 9.59 Å². The van der Waals surface area contributed by atoms with Crippen molar-refractivity contribution in [3.63, 3.8) is 0 Å². The Balaban J connectivity index is -0.000000294. The molecule has 0 aromatic heterocycles. The van der Waals surface area contributed by atoms with E-state index >= 15 is 0 Å². The number of thiol groups is 2. The number of carbonyl (C=O) groups is 2. The SMILES string of the molecule is C=CCOC(=O)[C@@H](N)CS.C=CCOC(=O)[C@@H](N)CS.O=S. The minimum Gasteiger partial charge on any atom is -0.460 e. The van der Waals surface area contributed by atoms with Crippen LogP contribution in [0.3, 0.4) is 0 Å². The van der Waals surface area contributed by atoms with E-state index in [4.69, 9.17) is 15.7 Å². The van der Waals surface area contributed by atoms with Crippen LogP contribution < -0.4 is 11.5 Å². The van der Waals surface area contributed by atoms with Crippen molar-refractivity contribution in [3.8, 4) is 0 Å². The molecule has 0 saturated carbocycles. The molecule has 7 nitrogen and oxygen atoms in total. The van der Waals surface area contributed by atoms with Gasteiger partial charge >= 0.3 is 11.9 Å². The number of esters is 2. The lowest BCUT2D eigenvalue weighted by Gasteiger charge is -2.05. The number of carbonyl (C=O) groups excluding carboxylic acids is 2. The van der Waals surface area contributed by atoms with Gasteiger partial charge in [-0.25, -0.2) is 0 Å². The van der Waals surface area contributed by atoms with Crippen molar-refractivity contribution in [3.05, 3.63) is 25.3 Å². The topological polar surface area (TPSA) is 122 Å². The number of ether oxygens (including phenoxy) is 2. The van der Waals surface area contributed by atoms with Gasteiger partial charge in [-0.15, -0.1) is 0 Å². The molecule has 0 unspecified atom stereocenters. The first kappa shape index (κ1) is 26.0. The van der Waals surface area contributed by atoms with Crippen LogP contribution in [0.4, 0.5) is 0 Å². The first-order valence-electron chi connectivity index (χ1n) is 5.89. The van der Waals surface area contributed by atoms with E-state index < -0.39 is 24.0 Å². The number of hydrogen-bond acceptors (Lipinski definition) is 10. The molecule has 0 aromatic rings. The summed E-state index contributed by atoms with van der Waals surface area (Å²) in [6.07, 6.45) is 2.98. The van der Waals surface area contributed by atoms with Gasteiger partial charge in [0.1, 0.15) is 25.3 Å². The summed E-state index contributed by atoms with van der Waals surface area (Å²) in [4.78, 5) is 21.4. The number of hydrogen-bond donors (Lipinski definition) is 4. The average Bonchev–Trinajstić information content (AvgIpc) is 2.58. The molecule has 2 atom stereocenters. The van der Waals surface area contributed by atoms with Gasteiger partial charge in [-0.3, -0.25) is 9.59 Å². The van der Waals surface area contributed by atoms with Crippen LogP contribution in [0.15, 0.2) is 25.3 Å². The highest BCUT2D eigenvalue weighted by molar-refractivity contribution is 7.80. The Morgan fingerprint density at radius 2 is 1.23 bits per heavy atom. The van der Waals surface area contributed by atoms with Crippen molar-refractivity contribution >= 4 is 49.7 Å². The molecule has 0 radical (unpaired) electrons. The lowest BCUT2D eigenvalue weighted by molar-refractivity contribution is -0.144. The van der Waals surface area contributed by atoms with Gasteiger partial charge in [0.05, 0.1) is 0 Å². The zero-order valence-corrected chi connectivity index (χ0v) is 14.7. The molecule has 0 aliphatic heterocycles. The van der Waals surface area contributed by atoms with Crippen LogP contribution >= 0.6 is 25.3 Å². The van der Waals surface area contributed by atoms with Crippen molar-refractivity contribution in [2.24, 2.45) is 11.5 Å². The van der Waals surface area contributed by atoms with Crippen LogP contribution in [0.5, 0.6) is 0 Å². The molecule has 0 saturated heterocycles. The third kappa shape index (κ3) is 17.1. The Hall–Kier alpha value is -0.940. The van der Waals surface area contributed by atoms with Gasteiger partial charge in [-0.2, -0.15) is 29.5 Å². The maximum atomic E-state index is 10.7. The summed E-state index contributed by atoms with van der Waals surface area (Å²) in [7, 11) is 0. The van der Waals surface area contributed by atoms with Crippen molar-refractivity contribution in [1.82, 2.24) is 0 Å². The van der Waals surface area contributed by atoms with Crippen LogP contribution in [0.2, 0.25) is 0 Å². The Labute approximate surface area is 146 Å². The Morgan fingerprint density at radius 1 is 0.955 bits per heavy atom. The standard InChI is InChI=1S/2C6H11NO2S.OS/c2*1-2-3-9-6(8)5(7)4-10;1-2/h2*2,5,10H,1,3-4,7H2;/t2*5-;/m00./s1. The summed E-state index contributed by atoms with van der Waals surface area (Å²) in [6.45, 7) is 7.18. The molecule has 0 rings (SSSR count). The highest BCUT2D eigenvalue weighted by Gasteiger charge is 2.11. The van der Waals surface area contributed by atoms with E-state index in [-0.39, 0.29) is 13.2 Å². The van der Waals surface area contributed by atoms with E-state index in [0.717, 1.165) is 0 Å². The van der Waals surface area contributed by atoms with Crippen LogP contribution in [-0.2, 0) is 31.6 Å². The Morgan fingerprint density at radius 3 is 1.41 bits per heavy atom. The molecule has 0 aromatic carbocycles. The predicted molar refractivity (Wildman–Crippen MR) is 94.1 cm³/mol. The fraction of sp³-hybridized carbons (Fsp3) is 0.500. The Bertz CT molecular complexity index is 302. The normalized spacial score (nSPS) is 11.3. The van der Waals surface area contributed by atoms with Gasteiger partial charge in [-0.1, -0.05) is 25.3 Å². The second-order valence-electron chi connectivity index (χ2n) is 3.42. The molecular weight excluding hydrogens is 348 g/mol. The highest BCUT2D eigenvalue weighted by atomic mass is 32.1. The first-order valence-corrected chi connectivity index (χ1v) is 7.48. The van der Waals surface area contributed by atoms with Crippen LogP contribution in [0, 0.1) is 0 Å². The summed E-state index contributed by atoms with van der Waals surface area (Å²) in [5, 5.41) is 0. The maximum absolute atomic E-state index is 10.7. The molecule has 0 heterocycles. The third-order valence-electron chi connectivity index (χ3n) is 1.69. The van der Waals surface area contributed by atoms with Crippen molar-refractivity contribution < 1.29 is 23.3 Å². The van der Waals surface area contributed by atoms with Crippen molar-refractivity contribution in [2.75, 3.05) is 24.7 Å². The van der Waals surface area contributed by atoms with Gasteiger partial charge in [0, 0.05) is 11.5 Å². The molecule has 10 heteroatoms. The van der Waals surface area contributed by atoms with Crippen LogP contribution in [0.25, 0.3) is 0 Å². The van der Waals surface area contributed by atoms with E-state index in [2.05, 4.69) is 60.4 Å². The molecule has 22 heavy (non-hydrogen) atoms. The zero-order valence-electron chi connectivity index (χ0n) is 12.1. The van der Waals surface area contributed by atoms with Crippen LogP contribution in [-0.4, -0.2) is 53.0 Å². The quantitative estimate of drug-likeness (QED) is 0.259. The molecule has 0 spiro atoms. The predicted octanol–water partition coefficient (Wildman–Crippen LogP) is -0.391. The largest absolute Gasteiger partial charge is 0.460 e. The van der Waals surface area contributed by atoms with Crippen molar-refractivity contribution in [2.45, 2.75) is 12.1 Å². The summed E-state index contributed by atoms with van der Waals surface area (Å²) >= 11 is 10.5. The summed E-state index contributed by atoms with van der Waals surface area (Å²) in [5.74, 6) is -0.267. The lowest BCUT2D eigenvalue weighted by Crippen LogP contribution is -2.33. The lowest BCUT2D eigenvalue weighted by atomic mass is 10.4. The molecule has 0 aliphatic rings. The fourth-order valence-corrected chi connectivity index (χ4v) is 0.943. The number of nitrogens with two attached hydrogens (primary N) is 2. The fourth-order valence-electron chi connectivity index (χ4n) is 0.645. The molecular formula is C12H22N2O5S3. The van der Waals surface area contributed by atoms with Gasteiger partial charge in [0.15, 0.2) is 12.5 Å². The van der Waals surface area contributed by atoms with Gasteiger partial charge in [0.2, 0.25) is 0 Å². The van der Waals surface area contributed by atoms with E-state index in [1.807, 2.05) is 0 Å². The first-order chi connectivity index (χ1) is 10.4. The van der Waals surface area contributed by atoms with Gasteiger partial charge < -0.3 is 20.9 Å². The number of rotatable bonds is 8. The van der Waals surface area contributed by atoms with Crippen molar-refractivity contribution in [1.29, 1.82) is 0 Å². The third-order valence-corrected chi connectivity index (χ3v) is 2.47. The maximum Gasteiger partial charge on any atom is 0.324 e. The second-order valence-corrected chi connectivity index (χ2v) is 4.15. The zero-order chi connectivity index (χ0) is 18.0. The average molecular weight is 371 g/mol. The Kier molecular flexibility index (Phi) is 23.7. The minimum atomic E-state index is -0.622. The second kappa shape index (κ2) is 20.1. The van der Waals surface area contributed by atoms with E-state index in [1.54, 1.807) is 0 Å². The molecule has 0 bridgehead atoms. The summed E-state index contributed by atoms with van der Waals surface area (Å²) < 4.78 is 17.1. The monoisotopic (exact) mass is 370 g/mol. The van der Waals surface area contributed by atoms with Gasteiger partial charge in [-0.05, 0) is 0 Å².